The number of halogens is 1. The first-order valence-corrected chi connectivity index (χ1v) is 6.36. The molecule has 0 aromatic heterocycles. The van der Waals surface area contributed by atoms with E-state index in [9.17, 15) is 9.18 Å². The Morgan fingerprint density at radius 1 is 1.47 bits per heavy atom. The molecule has 1 aromatic rings. The van der Waals surface area contributed by atoms with Crippen molar-refractivity contribution in [2.24, 2.45) is 0 Å². The number of nitrogens with one attached hydrogen (secondary N) is 1. The standard InChI is InChI=1S/C15H21FN2O/c1-5-18(10-11(2)3)15(19)9-17-14-7-6-13(16)8-12(14)4/h6-8,17H,2,5,9-10H2,1,3-4H3. The molecule has 0 spiro atoms. The largest absolute Gasteiger partial charge is 0.376 e. The van der Waals surface area contributed by atoms with Crippen LogP contribution in [0.1, 0.15) is 19.4 Å². The number of anilines is 1. The monoisotopic (exact) mass is 264 g/mol. The van der Waals surface area contributed by atoms with E-state index in [2.05, 4.69) is 11.9 Å². The van der Waals surface area contributed by atoms with Gasteiger partial charge in [-0.25, -0.2) is 4.39 Å². The van der Waals surface area contributed by atoms with Gasteiger partial charge in [-0.15, -0.1) is 0 Å². The van der Waals surface area contributed by atoms with E-state index in [4.69, 9.17) is 0 Å². The quantitative estimate of drug-likeness (QED) is 0.801. The molecule has 0 aliphatic rings. The first-order chi connectivity index (χ1) is 8.93. The summed E-state index contributed by atoms with van der Waals surface area (Å²) in [6.07, 6.45) is 0. The zero-order chi connectivity index (χ0) is 14.4. The van der Waals surface area contributed by atoms with Gasteiger partial charge in [0, 0.05) is 18.8 Å². The molecule has 0 fully saturated rings. The highest BCUT2D eigenvalue weighted by molar-refractivity contribution is 5.81. The van der Waals surface area contributed by atoms with Crippen LogP contribution in [0.5, 0.6) is 0 Å². The predicted molar refractivity (Wildman–Crippen MR) is 76.7 cm³/mol. The third-order valence-electron chi connectivity index (χ3n) is 2.81. The second-order valence-corrected chi connectivity index (χ2v) is 4.68. The molecule has 19 heavy (non-hydrogen) atoms. The molecule has 0 saturated carbocycles. The van der Waals surface area contributed by atoms with Crippen LogP contribution in [-0.2, 0) is 4.79 Å². The Bertz CT molecular complexity index is 471. The lowest BCUT2D eigenvalue weighted by atomic mass is 10.2. The van der Waals surface area contributed by atoms with Crippen molar-refractivity contribution < 1.29 is 9.18 Å². The first-order valence-electron chi connectivity index (χ1n) is 6.36. The molecular formula is C15H21FN2O. The van der Waals surface area contributed by atoms with E-state index in [0.717, 1.165) is 16.8 Å². The van der Waals surface area contributed by atoms with Gasteiger partial charge in [-0.3, -0.25) is 4.79 Å². The molecule has 104 valence electrons. The van der Waals surface area contributed by atoms with Gasteiger partial charge in [-0.05, 0) is 44.5 Å². The zero-order valence-corrected chi connectivity index (χ0v) is 11.8. The van der Waals surface area contributed by atoms with Gasteiger partial charge in [0.2, 0.25) is 5.91 Å². The van der Waals surface area contributed by atoms with Gasteiger partial charge in [0.15, 0.2) is 0 Å². The number of amides is 1. The van der Waals surface area contributed by atoms with Crippen LogP contribution >= 0.6 is 0 Å². The van der Waals surface area contributed by atoms with Gasteiger partial charge in [0.25, 0.3) is 0 Å². The summed E-state index contributed by atoms with van der Waals surface area (Å²) in [6.45, 7) is 10.9. The maximum atomic E-state index is 13.0. The molecule has 4 heteroatoms. The minimum Gasteiger partial charge on any atom is -0.376 e. The van der Waals surface area contributed by atoms with Crippen molar-refractivity contribution in [2.45, 2.75) is 20.8 Å². The number of benzene rings is 1. The molecule has 0 heterocycles. The summed E-state index contributed by atoms with van der Waals surface area (Å²) in [4.78, 5) is 13.7. The van der Waals surface area contributed by atoms with E-state index < -0.39 is 0 Å². The van der Waals surface area contributed by atoms with Crippen molar-refractivity contribution in [1.29, 1.82) is 0 Å². The summed E-state index contributed by atoms with van der Waals surface area (Å²) in [7, 11) is 0. The summed E-state index contributed by atoms with van der Waals surface area (Å²) < 4.78 is 13.0. The van der Waals surface area contributed by atoms with Crippen molar-refractivity contribution in [2.75, 3.05) is 25.0 Å². The Morgan fingerprint density at radius 3 is 2.68 bits per heavy atom. The van der Waals surface area contributed by atoms with Crippen molar-refractivity contribution in [1.82, 2.24) is 4.90 Å². The lowest BCUT2D eigenvalue weighted by Gasteiger charge is -2.21. The predicted octanol–water partition coefficient (Wildman–Crippen LogP) is 2.97. The number of aryl methyl sites for hydroxylation is 1. The van der Waals surface area contributed by atoms with E-state index in [1.165, 1.54) is 12.1 Å². The molecule has 1 N–H and O–H groups in total. The molecule has 0 bridgehead atoms. The second kappa shape index (κ2) is 6.92. The second-order valence-electron chi connectivity index (χ2n) is 4.68. The Labute approximate surface area is 114 Å². The first kappa shape index (κ1) is 15.2. The van der Waals surface area contributed by atoms with Crippen LogP contribution in [0.2, 0.25) is 0 Å². The fraction of sp³-hybridized carbons (Fsp3) is 0.400. The topological polar surface area (TPSA) is 32.3 Å². The molecule has 0 aliphatic carbocycles. The Kier molecular flexibility index (Phi) is 5.55. The van der Waals surface area contributed by atoms with Gasteiger partial charge in [-0.1, -0.05) is 12.2 Å². The number of likely N-dealkylation sites (N-methyl/N-ethyl adjacent to an activating group) is 1. The normalized spacial score (nSPS) is 10.1. The summed E-state index contributed by atoms with van der Waals surface area (Å²) in [6, 6.07) is 4.47. The fourth-order valence-corrected chi connectivity index (χ4v) is 1.81. The molecule has 0 atom stereocenters. The van der Waals surface area contributed by atoms with E-state index in [0.29, 0.717) is 13.1 Å². The molecule has 0 saturated heterocycles. The Balaban J connectivity index is 2.60. The van der Waals surface area contributed by atoms with Crippen molar-refractivity contribution in [3.05, 3.63) is 41.7 Å². The average Bonchev–Trinajstić information content (AvgIpc) is 2.34. The van der Waals surface area contributed by atoms with E-state index >= 15 is 0 Å². The number of rotatable bonds is 6. The van der Waals surface area contributed by atoms with Gasteiger partial charge in [0.1, 0.15) is 5.82 Å². The molecule has 1 aromatic carbocycles. The van der Waals surface area contributed by atoms with Gasteiger partial charge in [0.05, 0.1) is 6.54 Å². The average molecular weight is 264 g/mol. The number of hydrogen-bond acceptors (Lipinski definition) is 2. The highest BCUT2D eigenvalue weighted by Gasteiger charge is 2.11. The van der Waals surface area contributed by atoms with Crippen molar-refractivity contribution in [3.63, 3.8) is 0 Å². The number of carbonyl (C=O) groups is 1. The van der Waals surface area contributed by atoms with Crippen LogP contribution in [0.4, 0.5) is 10.1 Å². The molecule has 1 amide bonds. The smallest absolute Gasteiger partial charge is 0.242 e. The third-order valence-corrected chi connectivity index (χ3v) is 2.81. The molecule has 3 nitrogen and oxygen atoms in total. The highest BCUT2D eigenvalue weighted by Crippen LogP contribution is 2.15. The number of nitrogens with zero attached hydrogens (tertiary/aromatic N) is 1. The fourth-order valence-electron chi connectivity index (χ4n) is 1.81. The minimum atomic E-state index is -0.271. The lowest BCUT2D eigenvalue weighted by molar-refractivity contribution is -0.128. The SMILES string of the molecule is C=C(C)CN(CC)C(=O)CNc1ccc(F)cc1C. The minimum absolute atomic E-state index is 0.00854. The number of hydrogen-bond donors (Lipinski definition) is 1. The van der Waals surface area contributed by atoms with Crippen LogP contribution in [-0.4, -0.2) is 30.4 Å². The maximum Gasteiger partial charge on any atom is 0.242 e. The van der Waals surface area contributed by atoms with Crippen LogP contribution in [0.3, 0.4) is 0 Å². The zero-order valence-electron chi connectivity index (χ0n) is 11.8. The summed E-state index contributed by atoms with van der Waals surface area (Å²) in [5.74, 6) is -0.263. The highest BCUT2D eigenvalue weighted by atomic mass is 19.1. The number of carbonyl (C=O) groups excluding carboxylic acids is 1. The van der Waals surface area contributed by atoms with Crippen LogP contribution in [0.25, 0.3) is 0 Å². The third kappa shape index (κ3) is 4.73. The van der Waals surface area contributed by atoms with Gasteiger partial charge < -0.3 is 10.2 Å². The lowest BCUT2D eigenvalue weighted by Crippen LogP contribution is -2.36. The van der Waals surface area contributed by atoms with Crippen LogP contribution in [0, 0.1) is 12.7 Å². The van der Waals surface area contributed by atoms with E-state index in [1.807, 2.05) is 13.8 Å². The molecule has 0 unspecified atom stereocenters. The van der Waals surface area contributed by atoms with E-state index in [1.54, 1.807) is 17.9 Å². The van der Waals surface area contributed by atoms with Crippen LogP contribution < -0.4 is 5.32 Å². The van der Waals surface area contributed by atoms with Gasteiger partial charge >= 0.3 is 0 Å². The van der Waals surface area contributed by atoms with Crippen LogP contribution in [0.15, 0.2) is 30.4 Å². The van der Waals surface area contributed by atoms with Crippen molar-refractivity contribution >= 4 is 11.6 Å². The molecule has 1 rings (SSSR count). The summed E-state index contributed by atoms with van der Waals surface area (Å²) >= 11 is 0. The Morgan fingerprint density at radius 2 is 2.16 bits per heavy atom. The Hall–Kier alpha value is -1.84. The molecule has 0 aliphatic heterocycles. The molecular weight excluding hydrogens is 243 g/mol. The summed E-state index contributed by atoms with van der Waals surface area (Å²) in [5, 5.41) is 3.04. The maximum absolute atomic E-state index is 13.0. The summed E-state index contributed by atoms with van der Waals surface area (Å²) in [5.41, 5.74) is 2.52. The molecule has 0 radical (unpaired) electrons. The van der Waals surface area contributed by atoms with Gasteiger partial charge in [-0.2, -0.15) is 0 Å². The van der Waals surface area contributed by atoms with Crippen molar-refractivity contribution in [3.8, 4) is 0 Å². The van der Waals surface area contributed by atoms with E-state index in [-0.39, 0.29) is 18.3 Å².